The van der Waals surface area contributed by atoms with Gasteiger partial charge in [-0.1, -0.05) is 12.1 Å². The maximum atomic E-state index is 12.3. The molecule has 1 atom stereocenters. The quantitative estimate of drug-likeness (QED) is 0.702. The van der Waals surface area contributed by atoms with Gasteiger partial charge in [0, 0.05) is 6.54 Å². The number of methoxy groups -OCH3 is 3. The number of carbonyl (C=O) groups is 2. The van der Waals surface area contributed by atoms with E-state index in [1.54, 1.807) is 44.6 Å². The van der Waals surface area contributed by atoms with Crippen molar-refractivity contribution in [1.82, 2.24) is 5.32 Å². The summed E-state index contributed by atoms with van der Waals surface area (Å²) in [6.07, 6.45) is -0.944. The molecule has 7 heteroatoms. The third kappa shape index (κ3) is 5.16. The number of hydrogen-bond acceptors (Lipinski definition) is 6. The van der Waals surface area contributed by atoms with E-state index in [2.05, 4.69) is 5.32 Å². The predicted octanol–water partition coefficient (Wildman–Crippen LogP) is 2.88. The van der Waals surface area contributed by atoms with Gasteiger partial charge >= 0.3 is 5.97 Å². The van der Waals surface area contributed by atoms with Crippen molar-refractivity contribution in [3.05, 3.63) is 53.1 Å². The zero-order valence-electron chi connectivity index (χ0n) is 16.7. The molecule has 7 nitrogen and oxygen atoms in total. The molecule has 28 heavy (non-hydrogen) atoms. The van der Waals surface area contributed by atoms with Crippen molar-refractivity contribution in [2.24, 2.45) is 0 Å². The molecule has 0 heterocycles. The second-order valence-electron chi connectivity index (χ2n) is 6.14. The van der Waals surface area contributed by atoms with Gasteiger partial charge < -0.3 is 24.3 Å². The average molecular weight is 387 g/mol. The summed E-state index contributed by atoms with van der Waals surface area (Å²) in [5, 5.41) is 2.74. The lowest BCUT2D eigenvalue weighted by Crippen LogP contribution is -2.35. The van der Waals surface area contributed by atoms with E-state index in [0.717, 1.165) is 11.1 Å². The Morgan fingerprint density at radius 3 is 2.25 bits per heavy atom. The van der Waals surface area contributed by atoms with Crippen LogP contribution in [-0.2, 0) is 16.1 Å². The van der Waals surface area contributed by atoms with Crippen molar-refractivity contribution < 1.29 is 28.5 Å². The number of ether oxygens (including phenoxy) is 4. The van der Waals surface area contributed by atoms with Crippen molar-refractivity contribution in [2.75, 3.05) is 21.3 Å². The summed E-state index contributed by atoms with van der Waals surface area (Å²) in [6.45, 7) is 3.66. The molecular formula is C21H25NO6. The molecule has 1 amide bonds. The first kappa shape index (κ1) is 21.1. The molecule has 0 radical (unpaired) electrons. The highest BCUT2D eigenvalue weighted by atomic mass is 16.5. The van der Waals surface area contributed by atoms with Gasteiger partial charge in [-0.25, -0.2) is 4.79 Å². The number of nitrogens with one attached hydrogen (secondary N) is 1. The summed E-state index contributed by atoms with van der Waals surface area (Å²) in [7, 11) is 4.63. The van der Waals surface area contributed by atoms with E-state index in [-0.39, 0.29) is 6.54 Å². The molecule has 0 saturated heterocycles. The normalized spacial score (nSPS) is 11.3. The highest BCUT2D eigenvalue weighted by Gasteiger charge is 2.19. The molecule has 0 saturated carbocycles. The Balaban J connectivity index is 1.95. The average Bonchev–Trinajstić information content (AvgIpc) is 2.71. The predicted molar refractivity (Wildman–Crippen MR) is 104 cm³/mol. The third-order valence-electron chi connectivity index (χ3n) is 4.21. The maximum Gasteiger partial charge on any atom is 0.339 e. The van der Waals surface area contributed by atoms with Crippen molar-refractivity contribution >= 4 is 11.9 Å². The molecule has 1 N–H and O–H groups in total. The molecule has 0 unspecified atom stereocenters. The Kier molecular flexibility index (Phi) is 7.26. The molecule has 2 aromatic carbocycles. The standard InChI is InChI=1S/C21H25NO6/c1-13-6-8-16(11-18(13)26-4)21(24)28-14(2)20(23)22-12-15-7-9-17(25-3)19(10-15)27-5/h6-11,14H,12H2,1-5H3,(H,22,23)/t14-/m0/s1. The first-order valence-electron chi connectivity index (χ1n) is 8.73. The number of amides is 1. The molecule has 2 rings (SSSR count). The second-order valence-corrected chi connectivity index (χ2v) is 6.14. The summed E-state index contributed by atoms with van der Waals surface area (Å²) in [4.78, 5) is 24.5. The lowest BCUT2D eigenvalue weighted by atomic mass is 10.1. The summed E-state index contributed by atoms with van der Waals surface area (Å²) >= 11 is 0. The second kappa shape index (κ2) is 9.64. The monoisotopic (exact) mass is 387 g/mol. The number of benzene rings is 2. The van der Waals surface area contributed by atoms with Crippen molar-refractivity contribution in [1.29, 1.82) is 0 Å². The Bertz CT molecular complexity index is 849. The summed E-state index contributed by atoms with van der Waals surface area (Å²) in [5.74, 6) is 0.768. The molecule has 0 spiro atoms. The number of rotatable bonds is 8. The van der Waals surface area contributed by atoms with Crippen molar-refractivity contribution in [3.63, 3.8) is 0 Å². The fourth-order valence-corrected chi connectivity index (χ4v) is 2.55. The van der Waals surface area contributed by atoms with Gasteiger partial charge in [0.25, 0.3) is 5.91 Å². The van der Waals surface area contributed by atoms with Crippen LogP contribution in [0.2, 0.25) is 0 Å². The van der Waals surface area contributed by atoms with Crippen LogP contribution in [0.1, 0.15) is 28.4 Å². The van der Waals surface area contributed by atoms with Gasteiger partial charge in [-0.2, -0.15) is 0 Å². The zero-order valence-corrected chi connectivity index (χ0v) is 16.7. The van der Waals surface area contributed by atoms with Crippen LogP contribution in [0.15, 0.2) is 36.4 Å². The van der Waals surface area contributed by atoms with Crippen LogP contribution in [0.25, 0.3) is 0 Å². The Morgan fingerprint density at radius 1 is 0.929 bits per heavy atom. The van der Waals surface area contributed by atoms with Crippen LogP contribution < -0.4 is 19.5 Å². The van der Waals surface area contributed by atoms with E-state index in [1.165, 1.54) is 14.0 Å². The minimum absolute atomic E-state index is 0.263. The minimum Gasteiger partial charge on any atom is -0.496 e. The topological polar surface area (TPSA) is 83.1 Å². The number of hydrogen-bond donors (Lipinski definition) is 1. The van der Waals surface area contributed by atoms with E-state index >= 15 is 0 Å². The highest BCUT2D eigenvalue weighted by molar-refractivity contribution is 5.92. The number of esters is 1. The summed E-state index contributed by atoms with van der Waals surface area (Å²) in [5.41, 5.74) is 2.05. The Labute approximate surface area is 164 Å². The van der Waals surface area contributed by atoms with Gasteiger partial charge in [-0.3, -0.25) is 4.79 Å². The SMILES string of the molecule is COc1cc(C(=O)O[C@@H](C)C(=O)NCc2ccc(OC)c(OC)c2)ccc1C. The van der Waals surface area contributed by atoms with Crippen LogP contribution in [0.5, 0.6) is 17.2 Å². The van der Waals surface area contributed by atoms with Gasteiger partial charge in [0.2, 0.25) is 0 Å². The van der Waals surface area contributed by atoms with Gasteiger partial charge in [0.05, 0.1) is 26.9 Å². The van der Waals surface area contributed by atoms with Crippen LogP contribution in [-0.4, -0.2) is 39.3 Å². The van der Waals surface area contributed by atoms with Crippen LogP contribution in [0, 0.1) is 6.92 Å². The maximum absolute atomic E-state index is 12.3. The molecule has 0 aromatic heterocycles. The number of carbonyl (C=O) groups excluding carboxylic acids is 2. The van der Waals surface area contributed by atoms with Crippen LogP contribution in [0.3, 0.4) is 0 Å². The molecule has 2 aromatic rings. The lowest BCUT2D eigenvalue weighted by molar-refractivity contribution is -0.129. The molecule has 0 bridgehead atoms. The van der Waals surface area contributed by atoms with Gasteiger partial charge in [-0.15, -0.1) is 0 Å². The minimum atomic E-state index is -0.944. The number of aryl methyl sites for hydroxylation is 1. The van der Waals surface area contributed by atoms with E-state index in [4.69, 9.17) is 18.9 Å². The summed E-state index contributed by atoms with van der Waals surface area (Å²) in [6, 6.07) is 10.3. The molecule has 0 aliphatic heterocycles. The fourth-order valence-electron chi connectivity index (χ4n) is 2.55. The first-order chi connectivity index (χ1) is 13.4. The Hall–Kier alpha value is -3.22. The van der Waals surface area contributed by atoms with Crippen molar-refractivity contribution in [2.45, 2.75) is 26.5 Å². The summed E-state index contributed by atoms with van der Waals surface area (Å²) < 4.78 is 20.9. The van der Waals surface area contributed by atoms with Crippen LogP contribution >= 0.6 is 0 Å². The first-order valence-corrected chi connectivity index (χ1v) is 8.73. The van der Waals surface area contributed by atoms with E-state index < -0.39 is 18.0 Å². The lowest BCUT2D eigenvalue weighted by Gasteiger charge is -2.15. The molecular weight excluding hydrogens is 362 g/mol. The molecule has 0 aliphatic rings. The zero-order chi connectivity index (χ0) is 20.7. The smallest absolute Gasteiger partial charge is 0.339 e. The molecule has 0 aliphatic carbocycles. The largest absolute Gasteiger partial charge is 0.496 e. The van der Waals surface area contributed by atoms with Gasteiger partial charge in [0.15, 0.2) is 17.6 Å². The Morgan fingerprint density at radius 2 is 1.61 bits per heavy atom. The third-order valence-corrected chi connectivity index (χ3v) is 4.21. The molecule has 150 valence electrons. The molecule has 0 fully saturated rings. The van der Waals surface area contributed by atoms with Crippen molar-refractivity contribution in [3.8, 4) is 17.2 Å². The van der Waals surface area contributed by atoms with E-state index in [9.17, 15) is 9.59 Å². The van der Waals surface area contributed by atoms with Crippen LogP contribution in [0.4, 0.5) is 0 Å². The highest BCUT2D eigenvalue weighted by Crippen LogP contribution is 2.27. The van der Waals surface area contributed by atoms with Gasteiger partial charge in [0.1, 0.15) is 5.75 Å². The van der Waals surface area contributed by atoms with Gasteiger partial charge in [-0.05, 0) is 49.2 Å². The fraction of sp³-hybridized carbons (Fsp3) is 0.333. The van der Waals surface area contributed by atoms with E-state index in [0.29, 0.717) is 22.8 Å². The van der Waals surface area contributed by atoms with E-state index in [1.807, 2.05) is 13.0 Å².